The van der Waals surface area contributed by atoms with Crippen LogP contribution in [0.15, 0.2) is 5.10 Å². The first-order valence-corrected chi connectivity index (χ1v) is 6.32. The Bertz CT molecular complexity index is 201. The van der Waals surface area contributed by atoms with Crippen LogP contribution >= 0.6 is 0 Å². The maximum atomic E-state index is 4.62. The van der Waals surface area contributed by atoms with Crippen molar-refractivity contribution in [1.82, 2.24) is 9.91 Å². The molecular weight excluding hydrogens is 186 g/mol. The molecule has 0 radical (unpaired) electrons. The Morgan fingerprint density at radius 3 is 2.33 bits per heavy atom. The van der Waals surface area contributed by atoms with Gasteiger partial charge in [0.15, 0.2) is 0 Å². The molecule has 15 heavy (non-hydrogen) atoms. The van der Waals surface area contributed by atoms with Gasteiger partial charge in [-0.1, -0.05) is 19.3 Å². The Kier molecular flexibility index (Phi) is 4.01. The summed E-state index contributed by atoms with van der Waals surface area (Å²) in [6.07, 6.45) is 9.16. The fourth-order valence-corrected chi connectivity index (χ4v) is 2.38. The van der Waals surface area contributed by atoms with Crippen molar-refractivity contribution in [2.75, 3.05) is 33.2 Å². The maximum Gasteiger partial charge on any atom is 0.0488 e. The molecule has 86 valence electrons. The van der Waals surface area contributed by atoms with Gasteiger partial charge < -0.3 is 4.90 Å². The molecule has 2 fully saturated rings. The van der Waals surface area contributed by atoms with E-state index in [9.17, 15) is 0 Å². The Balaban J connectivity index is 1.73. The summed E-state index contributed by atoms with van der Waals surface area (Å²) in [5.74, 6) is 0.762. The molecule has 3 nitrogen and oxygen atoms in total. The van der Waals surface area contributed by atoms with Crippen LogP contribution in [0.5, 0.6) is 0 Å². The summed E-state index contributed by atoms with van der Waals surface area (Å²) in [4.78, 5) is 2.37. The lowest BCUT2D eigenvalue weighted by atomic mass is 9.90. The van der Waals surface area contributed by atoms with E-state index >= 15 is 0 Å². The van der Waals surface area contributed by atoms with E-state index in [4.69, 9.17) is 0 Å². The third-order valence-corrected chi connectivity index (χ3v) is 3.57. The van der Waals surface area contributed by atoms with Gasteiger partial charge in [0.2, 0.25) is 0 Å². The zero-order valence-electron chi connectivity index (χ0n) is 9.86. The summed E-state index contributed by atoms with van der Waals surface area (Å²) in [7, 11) is 2.18. The second-order valence-electron chi connectivity index (χ2n) is 4.92. The second kappa shape index (κ2) is 5.50. The molecule has 0 unspecified atom stereocenters. The van der Waals surface area contributed by atoms with Crippen LogP contribution in [-0.2, 0) is 0 Å². The number of rotatable bonds is 2. The van der Waals surface area contributed by atoms with Gasteiger partial charge in [-0.05, 0) is 25.8 Å². The van der Waals surface area contributed by atoms with Crippen LogP contribution in [0.25, 0.3) is 0 Å². The van der Waals surface area contributed by atoms with Gasteiger partial charge in [-0.2, -0.15) is 5.10 Å². The highest BCUT2D eigenvalue weighted by Gasteiger charge is 2.13. The lowest BCUT2D eigenvalue weighted by Crippen LogP contribution is -2.41. The molecule has 2 rings (SSSR count). The molecule has 0 aromatic rings. The predicted octanol–water partition coefficient (Wildman–Crippen LogP) is 1.80. The second-order valence-corrected chi connectivity index (χ2v) is 4.92. The van der Waals surface area contributed by atoms with Crippen molar-refractivity contribution in [1.29, 1.82) is 0 Å². The lowest BCUT2D eigenvalue weighted by Gasteiger charge is -2.30. The molecule has 3 heteroatoms. The van der Waals surface area contributed by atoms with E-state index in [1.165, 1.54) is 32.1 Å². The number of likely N-dealkylation sites (N-methyl/N-ethyl adjacent to an activating group) is 1. The van der Waals surface area contributed by atoms with E-state index in [0.717, 1.165) is 32.1 Å². The van der Waals surface area contributed by atoms with Crippen LogP contribution in [0.3, 0.4) is 0 Å². The summed E-state index contributed by atoms with van der Waals surface area (Å²) >= 11 is 0. The average Bonchev–Trinajstić information content (AvgIpc) is 2.30. The first kappa shape index (κ1) is 10.9. The topological polar surface area (TPSA) is 18.8 Å². The quantitative estimate of drug-likeness (QED) is 0.646. The van der Waals surface area contributed by atoms with E-state index in [1.807, 2.05) is 0 Å². The van der Waals surface area contributed by atoms with E-state index in [-0.39, 0.29) is 0 Å². The summed E-state index contributed by atoms with van der Waals surface area (Å²) < 4.78 is 0. The molecular formula is C12H23N3. The van der Waals surface area contributed by atoms with Crippen LogP contribution in [0.4, 0.5) is 0 Å². The molecule has 1 saturated carbocycles. The first-order valence-electron chi connectivity index (χ1n) is 6.32. The van der Waals surface area contributed by atoms with Crippen LogP contribution < -0.4 is 0 Å². The van der Waals surface area contributed by atoms with Gasteiger partial charge in [-0.3, -0.25) is 5.01 Å². The Morgan fingerprint density at radius 1 is 1.00 bits per heavy atom. The summed E-state index contributed by atoms with van der Waals surface area (Å²) in [5, 5.41) is 6.85. The van der Waals surface area contributed by atoms with Crippen LogP contribution in [0, 0.1) is 5.92 Å². The normalized spacial score (nSPS) is 26.3. The lowest BCUT2D eigenvalue weighted by molar-refractivity contribution is 0.158. The van der Waals surface area contributed by atoms with Gasteiger partial charge in [0.05, 0.1) is 0 Å². The summed E-state index contributed by atoms with van der Waals surface area (Å²) in [5.41, 5.74) is 0. The molecule has 1 heterocycles. The van der Waals surface area contributed by atoms with Crippen molar-refractivity contribution >= 4 is 6.21 Å². The number of nitrogens with zero attached hydrogens (tertiary/aromatic N) is 3. The maximum absolute atomic E-state index is 4.62. The average molecular weight is 209 g/mol. The van der Waals surface area contributed by atoms with Gasteiger partial charge >= 0.3 is 0 Å². The Labute approximate surface area is 93.1 Å². The number of hydrazone groups is 1. The van der Waals surface area contributed by atoms with E-state index < -0.39 is 0 Å². The number of hydrogen-bond acceptors (Lipinski definition) is 3. The van der Waals surface area contributed by atoms with Crippen LogP contribution in [0.1, 0.15) is 32.1 Å². The minimum Gasteiger partial charge on any atom is -0.303 e. The summed E-state index contributed by atoms with van der Waals surface area (Å²) in [6, 6.07) is 0. The van der Waals surface area contributed by atoms with Gasteiger partial charge in [0.1, 0.15) is 0 Å². The van der Waals surface area contributed by atoms with Gasteiger partial charge in [0.25, 0.3) is 0 Å². The highest BCUT2D eigenvalue weighted by molar-refractivity contribution is 5.60. The van der Waals surface area contributed by atoms with E-state index in [0.29, 0.717) is 0 Å². The molecule has 0 aromatic heterocycles. The van der Waals surface area contributed by atoms with Crippen LogP contribution in [0.2, 0.25) is 0 Å². The van der Waals surface area contributed by atoms with Crippen molar-refractivity contribution in [2.45, 2.75) is 32.1 Å². The Morgan fingerprint density at radius 2 is 1.67 bits per heavy atom. The molecule has 1 aliphatic carbocycles. The first-order chi connectivity index (χ1) is 7.34. The monoisotopic (exact) mass is 209 g/mol. The highest BCUT2D eigenvalue weighted by atomic mass is 15.5. The van der Waals surface area contributed by atoms with E-state index in [1.54, 1.807) is 0 Å². The standard InChI is InChI=1S/C12H23N3/c1-14-7-9-15(10-8-14)13-11-12-5-3-2-4-6-12/h11-12H,2-10H2,1H3. The SMILES string of the molecule is CN1CCN(N=CC2CCCCC2)CC1. The van der Waals surface area contributed by atoms with Crippen molar-refractivity contribution in [3.8, 4) is 0 Å². The minimum atomic E-state index is 0.762. The molecule has 0 spiro atoms. The third-order valence-electron chi connectivity index (χ3n) is 3.57. The Hall–Kier alpha value is -0.570. The van der Waals surface area contributed by atoms with E-state index in [2.05, 4.69) is 28.3 Å². The largest absolute Gasteiger partial charge is 0.303 e. The fourth-order valence-electron chi connectivity index (χ4n) is 2.38. The molecule has 2 aliphatic rings. The molecule has 0 aromatic carbocycles. The fraction of sp³-hybridized carbons (Fsp3) is 0.917. The third kappa shape index (κ3) is 3.49. The van der Waals surface area contributed by atoms with Crippen LogP contribution in [-0.4, -0.2) is 49.4 Å². The van der Waals surface area contributed by atoms with Gasteiger partial charge in [0, 0.05) is 32.4 Å². The molecule has 0 amide bonds. The molecule has 1 saturated heterocycles. The summed E-state index contributed by atoms with van der Waals surface area (Å²) in [6.45, 7) is 4.50. The highest BCUT2D eigenvalue weighted by Crippen LogP contribution is 2.22. The van der Waals surface area contributed by atoms with Crippen molar-refractivity contribution in [3.05, 3.63) is 0 Å². The zero-order valence-corrected chi connectivity index (χ0v) is 9.86. The zero-order chi connectivity index (χ0) is 10.5. The number of piperazine rings is 1. The molecule has 1 aliphatic heterocycles. The predicted molar refractivity (Wildman–Crippen MR) is 64.1 cm³/mol. The van der Waals surface area contributed by atoms with Crippen molar-refractivity contribution in [2.24, 2.45) is 11.0 Å². The number of hydrogen-bond donors (Lipinski definition) is 0. The van der Waals surface area contributed by atoms with Crippen molar-refractivity contribution in [3.63, 3.8) is 0 Å². The molecule has 0 N–H and O–H groups in total. The molecule has 0 atom stereocenters. The van der Waals surface area contributed by atoms with Gasteiger partial charge in [-0.25, -0.2) is 0 Å². The van der Waals surface area contributed by atoms with Gasteiger partial charge in [-0.15, -0.1) is 0 Å². The van der Waals surface area contributed by atoms with Crippen molar-refractivity contribution < 1.29 is 0 Å². The molecule has 0 bridgehead atoms. The minimum absolute atomic E-state index is 0.762. The smallest absolute Gasteiger partial charge is 0.0488 e.